The summed E-state index contributed by atoms with van der Waals surface area (Å²) in [6.45, 7) is 0. The Hall–Kier alpha value is -6.92. The van der Waals surface area contributed by atoms with Crippen molar-refractivity contribution >= 4 is 124 Å². The van der Waals surface area contributed by atoms with Crippen LogP contribution in [-0.4, -0.2) is 9.13 Å². The molecule has 5 heterocycles. The second-order valence-corrected chi connectivity index (χ2v) is 18.1. The fourth-order valence-corrected chi connectivity index (χ4v) is 12.4. The van der Waals surface area contributed by atoms with Crippen molar-refractivity contribution in [2.45, 2.75) is 12.8 Å². The number of hydrogen-bond donors (Lipinski definition) is 0. The van der Waals surface area contributed by atoms with Gasteiger partial charge in [-0.15, -0.1) is 22.7 Å². The molecule has 0 aliphatic heterocycles. The van der Waals surface area contributed by atoms with E-state index in [0.29, 0.717) is 0 Å². The average molecular weight is 789 g/mol. The molecule has 5 aromatic heterocycles. The highest BCUT2D eigenvalue weighted by atomic mass is 32.1. The largest absolute Gasteiger partial charge is 0.455 e. The third kappa shape index (κ3) is 4.41. The van der Waals surface area contributed by atoms with Crippen molar-refractivity contribution < 1.29 is 4.42 Å². The minimum atomic E-state index is 0.946. The van der Waals surface area contributed by atoms with Crippen LogP contribution in [-0.2, 0) is 6.42 Å². The van der Waals surface area contributed by atoms with Gasteiger partial charge in [-0.2, -0.15) is 0 Å². The summed E-state index contributed by atoms with van der Waals surface area (Å²) in [4.78, 5) is 0. The van der Waals surface area contributed by atoms with E-state index in [1.165, 1.54) is 90.2 Å². The van der Waals surface area contributed by atoms with Crippen LogP contribution in [0.15, 0.2) is 168 Å². The molecule has 13 aromatic rings. The lowest BCUT2D eigenvalue weighted by molar-refractivity contribution is 0.676. The molecule has 0 spiro atoms. The molecule has 3 nitrogen and oxygen atoms in total. The second-order valence-electron chi connectivity index (χ2n) is 15.9. The Kier molecular flexibility index (Phi) is 6.43. The van der Waals surface area contributed by atoms with Crippen LogP contribution >= 0.6 is 22.7 Å². The summed E-state index contributed by atoms with van der Waals surface area (Å²) in [7, 11) is 0. The molecule has 0 atom stereocenters. The first kappa shape index (κ1) is 32.1. The highest BCUT2D eigenvalue weighted by Gasteiger charge is 2.25. The maximum atomic E-state index is 7.27. The van der Waals surface area contributed by atoms with Crippen molar-refractivity contribution in [3.63, 3.8) is 0 Å². The smallest absolute Gasteiger partial charge is 0.145 e. The monoisotopic (exact) mass is 788 g/mol. The molecule has 0 saturated carbocycles. The summed E-state index contributed by atoms with van der Waals surface area (Å²) in [6.07, 6.45) is 6.64. The second kappa shape index (κ2) is 11.8. The molecule has 0 radical (unpaired) electrons. The Morgan fingerprint density at radius 1 is 0.424 bits per heavy atom. The number of para-hydroxylation sites is 1. The van der Waals surface area contributed by atoms with Crippen LogP contribution in [0.1, 0.15) is 17.7 Å². The van der Waals surface area contributed by atoms with E-state index < -0.39 is 0 Å². The number of allylic oxidation sites excluding steroid dienone is 1. The molecule has 1 aliphatic rings. The van der Waals surface area contributed by atoms with Crippen LogP contribution in [0, 0.1) is 0 Å². The van der Waals surface area contributed by atoms with Gasteiger partial charge in [0.2, 0.25) is 0 Å². The quantitative estimate of drug-likeness (QED) is 0.175. The van der Waals surface area contributed by atoms with Gasteiger partial charge >= 0.3 is 0 Å². The van der Waals surface area contributed by atoms with Crippen LogP contribution < -0.4 is 0 Å². The SMILES string of the molecule is C1=Cc2c(n(-c3cccc(-c4ccc5sc6ccccc6c5c4)c3)c3ccc4c5ccc6c(c7ccccc7n6-c6ccc7sc8ccccc8c7c6)c5oc4c23)CC1. The van der Waals surface area contributed by atoms with Gasteiger partial charge in [0.15, 0.2) is 0 Å². The minimum absolute atomic E-state index is 0.946. The van der Waals surface area contributed by atoms with Gasteiger partial charge in [0.25, 0.3) is 0 Å². The molecular weight excluding hydrogens is 757 g/mol. The van der Waals surface area contributed by atoms with Gasteiger partial charge in [-0.05, 0) is 109 Å². The van der Waals surface area contributed by atoms with E-state index in [-0.39, 0.29) is 0 Å². The molecule has 5 heteroatoms. The highest BCUT2D eigenvalue weighted by molar-refractivity contribution is 7.26. The van der Waals surface area contributed by atoms with Crippen LogP contribution in [0.3, 0.4) is 0 Å². The van der Waals surface area contributed by atoms with Crippen molar-refractivity contribution in [2.75, 3.05) is 0 Å². The zero-order valence-corrected chi connectivity index (χ0v) is 33.3. The third-order valence-corrected chi connectivity index (χ3v) is 15.1. The summed E-state index contributed by atoms with van der Waals surface area (Å²) in [5, 5.41) is 11.1. The van der Waals surface area contributed by atoms with Gasteiger partial charge in [0, 0.05) is 79.1 Å². The predicted octanol–water partition coefficient (Wildman–Crippen LogP) is 16.0. The van der Waals surface area contributed by atoms with Crippen molar-refractivity contribution in [1.29, 1.82) is 0 Å². The zero-order valence-electron chi connectivity index (χ0n) is 31.7. The molecule has 1 aliphatic carbocycles. The van der Waals surface area contributed by atoms with Crippen LogP contribution in [0.2, 0.25) is 0 Å². The lowest BCUT2D eigenvalue weighted by atomic mass is 10.0. The molecule has 59 heavy (non-hydrogen) atoms. The van der Waals surface area contributed by atoms with E-state index in [9.17, 15) is 0 Å². The Bertz CT molecular complexity index is 3980. The molecule has 0 fully saturated rings. The van der Waals surface area contributed by atoms with Crippen LogP contribution in [0.4, 0.5) is 0 Å². The van der Waals surface area contributed by atoms with Gasteiger partial charge in [-0.1, -0.05) is 84.9 Å². The standard InChI is InChI=1S/C54H32N2OS2/c1-5-16-43-39(14-1)51-45(55(43)33-11-9-10-31(28-33)32-20-26-49-41(29-32)35-12-3-7-18-47(35)58-49)24-22-37-38-23-25-46-52(54(38)57-53(37)51)40-15-2-6-17-44(40)56(46)34-21-27-50-42(30-34)36-13-4-8-19-48(36)59-50/h1-4,6-15,17-30H,5,16H2. The molecule has 0 N–H and O–H groups in total. The summed E-state index contributed by atoms with van der Waals surface area (Å²) >= 11 is 3.73. The van der Waals surface area contributed by atoms with Crippen molar-refractivity contribution in [3.8, 4) is 22.5 Å². The minimum Gasteiger partial charge on any atom is -0.455 e. The summed E-state index contributed by atoms with van der Waals surface area (Å²) in [5.74, 6) is 0. The zero-order chi connectivity index (χ0) is 38.3. The Balaban J connectivity index is 0.986. The van der Waals surface area contributed by atoms with E-state index in [2.05, 4.69) is 179 Å². The van der Waals surface area contributed by atoms with Gasteiger partial charge in [-0.3, -0.25) is 0 Å². The number of nitrogens with zero attached hydrogens (tertiary/aromatic N) is 2. The summed E-state index contributed by atoms with van der Waals surface area (Å²) < 4.78 is 17.5. The van der Waals surface area contributed by atoms with Gasteiger partial charge in [0.05, 0.1) is 27.3 Å². The molecule has 0 bridgehead atoms. The number of fused-ring (bicyclic) bond motifs is 17. The molecule has 0 amide bonds. The molecule has 0 unspecified atom stereocenters. The summed E-state index contributed by atoms with van der Waals surface area (Å²) in [5.41, 5.74) is 12.8. The van der Waals surface area contributed by atoms with E-state index in [4.69, 9.17) is 4.42 Å². The number of hydrogen-bond acceptors (Lipinski definition) is 3. The topological polar surface area (TPSA) is 23.0 Å². The molecule has 0 saturated heterocycles. The fourth-order valence-electron chi connectivity index (χ4n) is 10.2. The van der Waals surface area contributed by atoms with Crippen LogP contribution in [0.25, 0.3) is 124 Å². The number of aromatic nitrogens is 2. The Morgan fingerprint density at radius 2 is 1.05 bits per heavy atom. The number of furan rings is 1. The van der Waals surface area contributed by atoms with E-state index in [1.807, 2.05) is 22.7 Å². The molecule has 8 aromatic carbocycles. The van der Waals surface area contributed by atoms with Gasteiger partial charge in [0.1, 0.15) is 11.2 Å². The van der Waals surface area contributed by atoms with E-state index in [1.54, 1.807) is 0 Å². The average Bonchev–Trinajstić information content (AvgIpc) is 4.10. The van der Waals surface area contributed by atoms with E-state index in [0.717, 1.165) is 51.4 Å². The molecule has 14 rings (SSSR count). The van der Waals surface area contributed by atoms with Crippen molar-refractivity contribution in [3.05, 3.63) is 175 Å². The first-order valence-electron chi connectivity index (χ1n) is 20.3. The first-order valence-corrected chi connectivity index (χ1v) is 21.9. The number of benzene rings is 8. The van der Waals surface area contributed by atoms with Gasteiger partial charge in [-0.25, -0.2) is 0 Å². The molecular formula is C54H32N2OS2. The molecule has 276 valence electrons. The van der Waals surface area contributed by atoms with Crippen molar-refractivity contribution in [2.24, 2.45) is 0 Å². The maximum Gasteiger partial charge on any atom is 0.145 e. The maximum absolute atomic E-state index is 7.27. The van der Waals surface area contributed by atoms with Crippen molar-refractivity contribution in [1.82, 2.24) is 9.13 Å². The number of thiophene rings is 2. The van der Waals surface area contributed by atoms with E-state index >= 15 is 0 Å². The lowest BCUT2D eigenvalue weighted by Gasteiger charge is -2.14. The normalized spacial score (nSPS) is 13.2. The van der Waals surface area contributed by atoms with Crippen LogP contribution in [0.5, 0.6) is 0 Å². The first-order chi connectivity index (χ1) is 29.2. The highest BCUT2D eigenvalue weighted by Crippen LogP contribution is 2.46. The summed E-state index contributed by atoms with van der Waals surface area (Å²) in [6, 6.07) is 58.4. The fraction of sp³-hybridized carbons (Fsp3) is 0.0370. The van der Waals surface area contributed by atoms with Gasteiger partial charge < -0.3 is 13.6 Å². The third-order valence-electron chi connectivity index (χ3n) is 12.8. The lowest BCUT2D eigenvalue weighted by Crippen LogP contribution is -2.03. The Morgan fingerprint density at radius 3 is 1.85 bits per heavy atom. The Labute approximate surface area is 345 Å². The predicted molar refractivity (Wildman–Crippen MR) is 253 cm³/mol. The number of rotatable bonds is 3.